The summed E-state index contributed by atoms with van der Waals surface area (Å²) in [7, 11) is 2.19. The fraction of sp³-hybridized carbons (Fsp3) is 1.00. The van der Waals surface area contributed by atoms with Gasteiger partial charge in [0.2, 0.25) is 0 Å². The lowest BCUT2D eigenvalue weighted by atomic mass is 9.92. The molecule has 0 aromatic heterocycles. The van der Waals surface area contributed by atoms with Gasteiger partial charge in [0, 0.05) is 24.7 Å². The largest absolute Gasteiger partial charge is 0.394 e. The van der Waals surface area contributed by atoms with Crippen molar-refractivity contribution < 1.29 is 9.84 Å². The SMILES string of the molecule is CCCNC(C)(CO)CC(C)N(C)CC1CCCOC1. The third-order valence-corrected chi connectivity index (χ3v) is 4.45. The van der Waals surface area contributed by atoms with Crippen LogP contribution in [0.1, 0.15) is 46.5 Å². The van der Waals surface area contributed by atoms with Gasteiger partial charge < -0.3 is 20.1 Å². The van der Waals surface area contributed by atoms with E-state index in [0.717, 1.165) is 39.1 Å². The molecule has 0 aromatic carbocycles. The molecule has 3 unspecified atom stereocenters. The van der Waals surface area contributed by atoms with E-state index >= 15 is 0 Å². The van der Waals surface area contributed by atoms with Crippen LogP contribution in [0.25, 0.3) is 0 Å². The molecule has 20 heavy (non-hydrogen) atoms. The average molecular weight is 286 g/mol. The predicted molar refractivity (Wildman–Crippen MR) is 84.0 cm³/mol. The summed E-state index contributed by atoms with van der Waals surface area (Å²) < 4.78 is 5.56. The summed E-state index contributed by atoms with van der Waals surface area (Å²) in [6, 6.07) is 0.457. The van der Waals surface area contributed by atoms with Gasteiger partial charge in [0.15, 0.2) is 0 Å². The lowest BCUT2D eigenvalue weighted by Crippen LogP contribution is -2.51. The molecule has 1 fully saturated rings. The van der Waals surface area contributed by atoms with Crippen LogP contribution in [0.2, 0.25) is 0 Å². The molecule has 0 radical (unpaired) electrons. The standard InChI is InChI=1S/C16H34N2O2/c1-5-8-17-16(3,13-19)10-14(2)18(4)11-15-7-6-9-20-12-15/h14-15,17,19H,5-13H2,1-4H3. The molecular weight excluding hydrogens is 252 g/mol. The highest BCUT2D eigenvalue weighted by Crippen LogP contribution is 2.19. The van der Waals surface area contributed by atoms with Gasteiger partial charge in [-0.15, -0.1) is 0 Å². The molecule has 1 rings (SSSR count). The van der Waals surface area contributed by atoms with Crippen LogP contribution in [0.4, 0.5) is 0 Å². The lowest BCUT2D eigenvalue weighted by Gasteiger charge is -2.37. The van der Waals surface area contributed by atoms with Crippen LogP contribution in [-0.4, -0.2) is 61.5 Å². The third kappa shape index (κ3) is 6.08. The van der Waals surface area contributed by atoms with Crippen molar-refractivity contribution in [3.63, 3.8) is 0 Å². The second-order valence-electron chi connectivity index (χ2n) is 6.72. The van der Waals surface area contributed by atoms with E-state index in [0.29, 0.717) is 12.0 Å². The van der Waals surface area contributed by atoms with Gasteiger partial charge in [-0.2, -0.15) is 0 Å². The molecule has 3 atom stereocenters. The molecule has 0 bridgehead atoms. The van der Waals surface area contributed by atoms with E-state index in [9.17, 15) is 5.11 Å². The minimum atomic E-state index is -0.174. The molecule has 0 amide bonds. The summed E-state index contributed by atoms with van der Waals surface area (Å²) in [5, 5.41) is 13.1. The van der Waals surface area contributed by atoms with E-state index in [-0.39, 0.29) is 12.1 Å². The molecule has 120 valence electrons. The van der Waals surface area contributed by atoms with Crippen molar-refractivity contribution in [2.45, 2.75) is 58.0 Å². The summed E-state index contributed by atoms with van der Waals surface area (Å²) in [6.07, 6.45) is 4.54. The maximum atomic E-state index is 9.66. The van der Waals surface area contributed by atoms with Crippen LogP contribution in [0.3, 0.4) is 0 Å². The van der Waals surface area contributed by atoms with Crippen LogP contribution in [0.15, 0.2) is 0 Å². The van der Waals surface area contributed by atoms with E-state index in [1.54, 1.807) is 0 Å². The van der Waals surface area contributed by atoms with Gasteiger partial charge in [0.05, 0.1) is 13.2 Å². The Kier molecular flexibility index (Phi) is 8.03. The zero-order valence-corrected chi connectivity index (χ0v) is 13.8. The number of rotatable bonds is 9. The minimum absolute atomic E-state index is 0.174. The Bertz CT molecular complexity index is 257. The number of aliphatic hydroxyl groups is 1. The first kappa shape index (κ1) is 17.9. The maximum Gasteiger partial charge on any atom is 0.0611 e. The molecule has 1 aliphatic rings. The Balaban J connectivity index is 2.39. The Labute approximate surface area is 124 Å². The monoisotopic (exact) mass is 286 g/mol. The zero-order valence-electron chi connectivity index (χ0n) is 13.8. The fourth-order valence-electron chi connectivity index (χ4n) is 2.97. The molecule has 0 saturated carbocycles. The number of ether oxygens (including phenoxy) is 1. The lowest BCUT2D eigenvalue weighted by molar-refractivity contribution is 0.0330. The highest BCUT2D eigenvalue weighted by Gasteiger charge is 2.27. The molecule has 4 heteroatoms. The smallest absolute Gasteiger partial charge is 0.0611 e. The summed E-state index contributed by atoms with van der Waals surface area (Å²) in [4.78, 5) is 2.42. The average Bonchev–Trinajstić information content (AvgIpc) is 2.46. The molecule has 0 aromatic rings. The Hall–Kier alpha value is -0.160. The van der Waals surface area contributed by atoms with Gasteiger partial charge in [-0.25, -0.2) is 0 Å². The summed E-state index contributed by atoms with van der Waals surface area (Å²) in [5.41, 5.74) is -0.174. The number of nitrogens with zero attached hydrogens (tertiary/aromatic N) is 1. The van der Waals surface area contributed by atoms with Gasteiger partial charge in [0.1, 0.15) is 0 Å². The Morgan fingerprint density at radius 3 is 2.80 bits per heavy atom. The van der Waals surface area contributed by atoms with Gasteiger partial charge in [-0.05, 0) is 59.0 Å². The second kappa shape index (κ2) is 8.98. The first-order valence-corrected chi connectivity index (χ1v) is 8.14. The highest BCUT2D eigenvalue weighted by atomic mass is 16.5. The van der Waals surface area contributed by atoms with Gasteiger partial charge in [0.25, 0.3) is 0 Å². The second-order valence-corrected chi connectivity index (χ2v) is 6.72. The van der Waals surface area contributed by atoms with Crippen LogP contribution < -0.4 is 5.32 Å². The molecule has 0 aliphatic carbocycles. The minimum Gasteiger partial charge on any atom is -0.394 e. The van der Waals surface area contributed by atoms with Crippen molar-refractivity contribution >= 4 is 0 Å². The van der Waals surface area contributed by atoms with E-state index in [2.05, 4.69) is 38.0 Å². The van der Waals surface area contributed by atoms with Crippen molar-refractivity contribution in [3.8, 4) is 0 Å². The highest BCUT2D eigenvalue weighted by molar-refractivity contribution is 4.87. The molecule has 4 nitrogen and oxygen atoms in total. The molecule has 1 aliphatic heterocycles. The maximum absolute atomic E-state index is 9.66. The van der Waals surface area contributed by atoms with Crippen molar-refractivity contribution in [1.29, 1.82) is 0 Å². The zero-order chi connectivity index (χ0) is 15.0. The summed E-state index contributed by atoms with van der Waals surface area (Å²) in [5.74, 6) is 0.667. The first-order valence-electron chi connectivity index (χ1n) is 8.14. The van der Waals surface area contributed by atoms with Crippen molar-refractivity contribution in [1.82, 2.24) is 10.2 Å². The molecule has 0 spiro atoms. The summed E-state index contributed by atoms with van der Waals surface area (Å²) >= 11 is 0. The number of hydrogen-bond acceptors (Lipinski definition) is 4. The quantitative estimate of drug-likeness (QED) is 0.679. The number of hydrogen-bond donors (Lipinski definition) is 2. The van der Waals surface area contributed by atoms with E-state index < -0.39 is 0 Å². The van der Waals surface area contributed by atoms with Crippen LogP contribution in [-0.2, 0) is 4.74 Å². The Morgan fingerprint density at radius 2 is 2.25 bits per heavy atom. The Morgan fingerprint density at radius 1 is 1.50 bits per heavy atom. The predicted octanol–water partition coefficient (Wildman–Crippen LogP) is 1.87. The molecule has 1 heterocycles. The first-order chi connectivity index (χ1) is 9.50. The van der Waals surface area contributed by atoms with E-state index in [1.165, 1.54) is 12.8 Å². The molecule has 1 saturated heterocycles. The van der Waals surface area contributed by atoms with Gasteiger partial charge in [-0.1, -0.05) is 6.92 Å². The molecular formula is C16H34N2O2. The van der Waals surface area contributed by atoms with Crippen molar-refractivity contribution in [3.05, 3.63) is 0 Å². The van der Waals surface area contributed by atoms with Crippen LogP contribution in [0.5, 0.6) is 0 Å². The topological polar surface area (TPSA) is 44.7 Å². The fourth-order valence-corrected chi connectivity index (χ4v) is 2.97. The van der Waals surface area contributed by atoms with Crippen molar-refractivity contribution in [2.75, 3.05) is 40.0 Å². The van der Waals surface area contributed by atoms with Crippen LogP contribution >= 0.6 is 0 Å². The summed E-state index contributed by atoms with van der Waals surface area (Å²) in [6.45, 7) is 10.6. The normalized spacial score (nSPS) is 24.6. The van der Waals surface area contributed by atoms with E-state index in [1.807, 2.05) is 0 Å². The van der Waals surface area contributed by atoms with Crippen LogP contribution in [0, 0.1) is 5.92 Å². The van der Waals surface area contributed by atoms with Gasteiger partial charge >= 0.3 is 0 Å². The molecule has 2 N–H and O–H groups in total. The van der Waals surface area contributed by atoms with E-state index in [4.69, 9.17) is 4.74 Å². The third-order valence-electron chi connectivity index (χ3n) is 4.45. The van der Waals surface area contributed by atoms with Crippen molar-refractivity contribution in [2.24, 2.45) is 5.92 Å². The van der Waals surface area contributed by atoms with Gasteiger partial charge in [-0.3, -0.25) is 0 Å². The number of aliphatic hydroxyl groups excluding tert-OH is 1. The number of nitrogens with one attached hydrogen (secondary N) is 1.